The van der Waals surface area contributed by atoms with Crippen LogP contribution in [0.25, 0.3) is 0 Å². The monoisotopic (exact) mass is 362 g/mol. The number of hydrogen-bond acceptors (Lipinski definition) is 3. The van der Waals surface area contributed by atoms with Gasteiger partial charge in [0.1, 0.15) is 0 Å². The second-order valence-corrected chi connectivity index (χ2v) is 6.72. The Morgan fingerprint density at radius 3 is 2.65 bits per heavy atom. The van der Waals surface area contributed by atoms with Crippen LogP contribution in [0.5, 0.6) is 0 Å². The number of rotatable bonds is 7. The van der Waals surface area contributed by atoms with Gasteiger partial charge in [-0.2, -0.15) is 5.10 Å². The van der Waals surface area contributed by atoms with E-state index in [9.17, 15) is 4.79 Å². The van der Waals surface area contributed by atoms with Crippen molar-refractivity contribution >= 4 is 11.9 Å². The number of carbonyl (C=O) groups is 1. The lowest BCUT2D eigenvalue weighted by Gasteiger charge is -2.18. The van der Waals surface area contributed by atoms with Gasteiger partial charge < -0.3 is 15.5 Å². The maximum absolute atomic E-state index is 11.9. The van der Waals surface area contributed by atoms with E-state index in [2.05, 4.69) is 36.5 Å². The summed E-state index contributed by atoms with van der Waals surface area (Å²) in [6, 6.07) is 0.258. The number of aliphatic imine (C=N–C) groups is 1. The Labute approximate surface area is 157 Å². The molecule has 0 aromatic carbocycles. The van der Waals surface area contributed by atoms with Crippen LogP contribution in [0.4, 0.5) is 0 Å². The van der Waals surface area contributed by atoms with Gasteiger partial charge >= 0.3 is 0 Å². The van der Waals surface area contributed by atoms with Crippen molar-refractivity contribution in [3.63, 3.8) is 0 Å². The van der Waals surface area contributed by atoms with Crippen LogP contribution in [0, 0.1) is 0 Å². The molecule has 1 fully saturated rings. The van der Waals surface area contributed by atoms with Crippen molar-refractivity contribution < 1.29 is 4.79 Å². The van der Waals surface area contributed by atoms with Gasteiger partial charge in [-0.3, -0.25) is 9.48 Å². The number of nitrogens with one attached hydrogen (secondary N) is 2. The summed E-state index contributed by atoms with van der Waals surface area (Å²) in [6.07, 6.45) is 3.40. The van der Waals surface area contributed by atoms with Crippen LogP contribution in [-0.4, -0.2) is 52.2 Å². The highest BCUT2D eigenvalue weighted by atomic mass is 16.2. The van der Waals surface area contributed by atoms with Gasteiger partial charge in [0.2, 0.25) is 5.91 Å². The molecule has 1 atom stereocenters. The number of guanidine groups is 1. The van der Waals surface area contributed by atoms with E-state index in [0.29, 0.717) is 13.0 Å². The van der Waals surface area contributed by atoms with Crippen molar-refractivity contribution in [2.75, 3.05) is 19.6 Å². The Bertz CT molecular complexity index is 636. The first-order valence-electron chi connectivity index (χ1n) is 9.90. The molecule has 2 N–H and O–H groups in total. The molecular formula is C19H34N6O. The highest BCUT2D eigenvalue weighted by Gasteiger charge is 2.25. The number of carbonyl (C=O) groups excluding carboxylic acids is 1. The van der Waals surface area contributed by atoms with Crippen molar-refractivity contribution in [3.05, 3.63) is 17.0 Å². The van der Waals surface area contributed by atoms with Crippen molar-refractivity contribution in [3.8, 4) is 0 Å². The zero-order valence-electron chi connectivity index (χ0n) is 16.9. The lowest BCUT2D eigenvalue weighted by atomic mass is 10.1. The van der Waals surface area contributed by atoms with Gasteiger partial charge in [-0.05, 0) is 26.2 Å². The molecule has 2 rings (SSSR count). The summed E-state index contributed by atoms with van der Waals surface area (Å²) in [6.45, 7) is 11.3. The van der Waals surface area contributed by atoms with Crippen LogP contribution in [-0.2, 0) is 31.2 Å². The van der Waals surface area contributed by atoms with Gasteiger partial charge in [-0.1, -0.05) is 20.8 Å². The quantitative estimate of drug-likeness (QED) is 0.571. The summed E-state index contributed by atoms with van der Waals surface area (Å²) in [5, 5.41) is 11.5. The molecule has 146 valence electrons. The third-order valence-electron chi connectivity index (χ3n) is 4.95. The largest absolute Gasteiger partial charge is 0.357 e. The van der Waals surface area contributed by atoms with Crippen molar-refractivity contribution in [1.82, 2.24) is 25.3 Å². The highest BCUT2D eigenvalue weighted by Crippen LogP contribution is 2.17. The van der Waals surface area contributed by atoms with Crippen molar-refractivity contribution in [1.29, 1.82) is 0 Å². The van der Waals surface area contributed by atoms with Crippen LogP contribution >= 0.6 is 0 Å². The first-order valence-corrected chi connectivity index (χ1v) is 9.90. The Morgan fingerprint density at radius 1 is 1.27 bits per heavy atom. The predicted octanol–water partition coefficient (Wildman–Crippen LogP) is 1.61. The molecule has 1 aromatic rings. The molecule has 26 heavy (non-hydrogen) atoms. The van der Waals surface area contributed by atoms with Gasteiger partial charge in [0.15, 0.2) is 5.96 Å². The molecule has 0 aliphatic carbocycles. The summed E-state index contributed by atoms with van der Waals surface area (Å²) in [4.78, 5) is 18.6. The summed E-state index contributed by atoms with van der Waals surface area (Å²) in [5.41, 5.74) is 3.62. The second-order valence-electron chi connectivity index (χ2n) is 6.72. The molecule has 0 bridgehead atoms. The summed E-state index contributed by atoms with van der Waals surface area (Å²) in [5.74, 6) is 1.04. The average Bonchev–Trinajstić information content (AvgIpc) is 3.22. The van der Waals surface area contributed by atoms with Gasteiger partial charge in [0.05, 0.1) is 12.2 Å². The number of likely N-dealkylation sites (tertiary alicyclic amines) is 1. The van der Waals surface area contributed by atoms with Crippen LogP contribution in [0.2, 0.25) is 0 Å². The van der Waals surface area contributed by atoms with E-state index in [4.69, 9.17) is 4.99 Å². The fourth-order valence-corrected chi connectivity index (χ4v) is 3.57. The zero-order chi connectivity index (χ0) is 19.1. The minimum Gasteiger partial charge on any atom is -0.357 e. The predicted molar refractivity (Wildman–Crippen MR) is 105 cm³/mol. The van der Waals surface area contributed by atoms with Crippen LogP contribution < -0.4 is 10.6 Å². The molecule has 1 saturated heterocycles. The minimum absolute atomic E-state index is 0.228. The van der Waals surface area contributed by atoms with Crippen LogP contribution in [0.15, 0.2) is 4.99 Å². The number of aryl methyl sites for hydroxylation is 2. The lowest BCUT2D eigenvalue weighted by Crippen LogP contribution is -2.45. The molecule has 1 aliphatic heterocycles. The Morgan fingerprint density at radius 2 is 2.04 bits per heavy atom. The molecule has 0 spiro atoms. The van der Waals surface area contributed by atoms with E-state index in [-0.39, 0.29) is 11.9 Å². The molecule has 2 heterocycles. The van der Waals surface area contributed by atoms with Gasteiger partial charge in [-0.15, -0.1) is 0 Å². The maximum Gasteiger partial charge on any atom is 0.222 e. The van der Waals surface area contributed by atoms with E-state index >= 15 is 0 Å². The molecular weight excluding hydrogens is 328 g/mol. The smallest absolute Gasteiger partial charge is 0.222 e. The molecule has 1 aliphatic rings. The van der Waals surface area contributed by atoms with E-state index in [1.165, 1.54) is 11.3 Å². The third-order valence-corrected chi connectivity index (χ3v) is 4.95. The third kappa shape index (κ3) is 4.77. The Hall–Kier alpha value is -2.05. The second kappa shape index (κ2) is 9.59. The number of nitrogens with zero attached hydrogens (tertiary/aromatic N) is 4. The Balaban J connectivity index is 2.07. The van der Waals surface area contributed by atoms with Crippen molar-refractivity contribution in [2.24, 2.45) is 12.0 Å². The molecule has 1 aromatic heterocycles. The number of aromatic nitrogens is 2. The maximum atomic E-state index is 11.9. The summed E-state index contributed by atoms with van der Waals surface area (Å²) < 4.78 is 1.98. The van der Waals surface area contributed by atoms with E-state index in [1.807, 2.05) is 23.6 Å². The van der Waals surface area contributed by atoms with Crippen molar-refractivity contribution in [2.45, 2.75) is 66.0 Å². The first kappa shape index (κ1) is 20.3. The van der Waals surface area contributed by atoms with E-state index < -0.39 is 0 Å². The van der Waals surface area contributed by atoms with Crippen LogP contribution in [0.1, 0.15) is 57.5 Å². The van der Waals surface area contributed by atoms with Gasteiger partial charge in [-0.25, -0.2) is 4.99 Å². The highest BCUT2D eigenvalue weighted by molar-refractivity contribution is 5.80. The Kier molecular flexibility index (Phi) is 7.48. The topological polar surface area (TPSA) is 74.6 Å². The standard InChI is InChI=1S/C19H34N6O/c1-6-16-15(17(7-2)24(5)23-16)12-21-19(20-9-4)22-14-10-11-25(13-14)18(26)8-3/h14H,6-13H2,1-5H3,(H2,20,21,22). The molecule has 0 radical (unpaired) electrons. The molecule has 1 amide bonds. The lowest BCUT2D eigenvalue weighted by molar-refractivity contribution is -0.129. The minimum atomic E-state index is 0.228. The van der Waals surface area contributed by atoms with E-state index in [1.54, 1.807) is 0 Å². The fraction of sp³-hybridized carbons (Fsp3) is 0.737. The van der Waals surface area contributed by atoms with E-state index in [0.717, 1.165) is 50.6 Å². The number of amides is 1. The molecule has 7 nitrogen and oxygen atoms in total. The molecule has 1 unspecified atom stereocenters. The molecule has 0 saturated carbocycles. The fourth-order valence-electron chi connectivity index (χ4n) is 3.57. The van der Waals surface area contributed by atoms with Gasteiger partial charge in [0.25, 0.3) is 0 Å². The first-order chi connectivity index (χ1) is 12.5. The summed E-state index contributed by atoms with van der Waals surface area (Å²) in [7, 11) is 2.01. The normalized spacial score (nSPS) is 17.7. The van der Waals surface area contributed by atoms with Crippen LogP contribution in [0.3, 0.4) is 0 Å². The SMILES string of the molecule is CCNC(=NCc1c(CC)nn(C)c1CC)NC1CCN(C(=O)CC)C1. The van der Waals surface area contributed by atoms with Gasteiger partial charge in [0, 0.05) is 50.4 Å². The summed E-state index contributed by atoms with van der Waals surface area (Å²) >= 11 is 0. The zero-order valence-corrected chi connectivity index (χ0v) is 16.9. The number of hydrogen-bond donors (Lipinski definition) is 2. The molecule has 7 heteroatoms. The average molecular weight is 363 g/mol.